The van der Waals surface area contributed by atoms with E-state index in [0.29, 0.717) is 36.4 Å². The van der Waals surface area contributed by atoms with Crippen LogP contribution < -0.4 is 21.1 Å². The Morgan fingerprint density at radius 3 is 2.50 bits per heavy atom. The molecule has 0 amide bonds. The molecule has 0 spiro atoms. The van der Waals surface area contributed by atoms with Gasteiger partial charge in [0.15, 0.2) is 5.96 Å². The van der Waals surface area contributed by atoms with Crippen molar-refractivity contribution in [2.24, 2.45) is 16.6 Å². The maximum absolute atomic E-state index is 12.6. The van der Waals surface area contributed by atoms with Crippen LogP contribution in [0.2, 0.25) is 0 Å². The van der Waals surface area contributed by atoms with Crippen LogP contribution in [0.1, 0.15) is 43.0 Å². The lowest BCUT2D eigenvalue weighted by molar-refractivity contribution is -0.274. The number of nitrogens with zero attached hydrogens (tertiary/aromatic N) is 2. The zero-order chi connectivity index (χ0) is 24.1. The SMILES string of the molecule is CNC1c2ccccc2N=C(N)N1C1CCC(CNCCc2ccccc2OC(F)(F)F)CC1. The number of rotatable bonds is 8. The fourth-order valence-corrected chi connectivity index (χ4v) is 5.07. The van der Waals surface area contributed by atoms with Crippen molar-refractivity contribution in [3.05, 3.63) is 59.7 Å². The van der Waals surface area contributed by atoms with Crippen molar-refractivity contribution >= 4 is 11.6 Å². The van der Waals surface area contributed by atoms with Gasteiger partial charge < -0.3 is 20.7 Å². The molecule has 2 aromatic rings. The maximum atomic E-state index is 12.6. The van der Waals surface area contributed by atoms with Crippen LogP contribution in [0.5, 0.6) is 5.75 Å². The molecular formula is C25H32F3N5O. The highest BCUT2D eigenvalue weighted by Crippen LogP contribution is 2.37. The van der Waals surface area contributed by atoms with Gasteiger partial charge in [0.25, 0.3) is 0 Å². The van der Waals surface area contributed by atoms with Gasteiger partial charge in [-0.15, -0.1) is 13.2 Å². The van der Waals surface area contributed by atoms with Gasteiger partial charge in [-0.05, 0) is 75.9 Å². The van der Waals surface area contributed by atoms with Crippen LogP contribution in [0.3, 0.4) is 0 Å². The summed E-state index contributed by atoms with van der Waals surface area (Å²) in [6.45, 7) is 1.44. The predicted octanol–water partition coefficient (Wildman–Crippen LogP) is 4.46. The first-order valence-corrected chi connectivity index (χ1v) is 11.8. The van der Waals surface area contributed by atoms with E-state index in [-0.39, 0.29) is 11.9 Å². The molecule has 0 radical (unpaired) electrons. The lowest BCUT2D eigenvalue weighted by Crippen LogP contribution is -2.53. The smallest absolute Gasteiger partial charge is 0.406 e. The van der Waals surface area contributed by atoms with Crippen molar-refractivity contribution in [2.75, 3.05) is 20.1 Å². The molecule has 0 bridgehead atoms. The zero-order valence-corrected chi connectivity index (χ0v) is 19.3. The van der Waals surface area contributed by atoms with Gasteiger partial charge in [-0.1, -0.05) is 36.4 Å². The van der Waals surface area contributed by atoms with Crippen LogP contribution in [0.15, 0.2) is 53.5 Å². The van der Waals surface area contributed by atoms with E-state index in [4.69, 9.17) is 5.73 Å². The Bertz CT molecular complexity index is 989. The summed E-state index contributed by atoms with van der Waals surface area (Å²) < 4.78 is 41.9. The third-order valence-corrected chi connectivity index (χ3v) is 6.69. The van der Waals surface area contributed by atoms with Crippen LogP contribution in [-0.4, -0.2) is 43.4 Å². The monoisotopic (exact) mass is 475 g/mol. The Labute approximate surface area is 198 Å². The topological polar surface area (TPSA) is 74.9 Å². The Balaban J connectivity index is 1.26. The highest BCUT2D eigenvalue weighted by atomic mass is 19.4. The fraction of sp³-hybridized carbons (Fsp3) is 0.480. The van der Waals surface area contributed by atoms with E-state index in [1.54, 1.807) is 18.2 Å². The summed E-state index contributed by atoms with van der Waals surface area (Å²) in [5.41, 5.74) is 8.97. The van der Waals surface area contributed by atoms with Crippen molar-refractivity contribution < 1.29 is 17.9 Å². The number of hydrogen-bond acceptors (Lipinski definition) is 6. The normalized spacial score (nSPS) is 22.8. The number of alkyl halides is 3. The van der Waals surface area contributed by atoms with Gasteiger partial charge in [0, 0.05) is 11.6 Å². The van der Waals surface area contributed by atoms with Crippen LogP contribution in [-0.2, 0) is 6.42 Å². The molecule has 4 rings (SSSR count). The molecular weight excluding hydrogens is 443 g/mol. The molecule has 1 aliphatic carbocycles. The molecule has 1 saturated carbocycles. The lowest BCUT2D eigenvalue weighted by Gasteiger charge is -2.44. The lowest BCUT2D eigenvalue weighted by atomic mass is 9.84. The van der Waals surface area contributed by atoms with Crippen LogP contribution in [0, 0.1) is 5.92 Å². The van der Waals surface area contributed by atoms with E-state index in [1.165, 1.54) is 6.07 Å². The number of aliphatic imine (C=N–C) groups is 1. The molecule has 2 aliphatic rings. The third-order valence-electron chi connectivity index (χ3n) is 6.69. The van der Waals surface area contributed by atoms with E-state index in [2.05, 4.69) is 31.3 Å². The van der Waals surface area contributed by atoms with E-state index >= 15 is 0 Å². The van der Waals surface area contributed by atoms with Gasteiger partial charge in [0.1, 0.15) is 11.9 Å². The molecule has 0 aromatic heterocycles. The minimum Gasteiger partial charge on any atom is -0.406 e. The number of benzene rings is 2. The first kappa shape index (κ1) is 24.3. The molecule has 184 valence electrons. The van der Waals surface area contributed by atoms with Crippen LogP contribution >= 0.6 is 0 Å². The summed E-state index contributed by atoms with van der Waals surface area (Å²) in [7, 11) is 1.94. The molecule has 1 heterocycles. The Hall–Kier alpha value is -2.78. The molecule has 0 saturated heterocycles. The van der Waals surface area contributed by atoms with Crippen LogP contribution in [0.25, 0.3) is 0 Å². The number of halogens is 3. The van der Waals surface area contributed by atoms with E-state index in [1.807, 2.05) is 25.2 Å². The zero-order valence-electron chi connectivity index (χ0n) is 19.3. The number of guanidine groups is 1. The van der Waals surface area contributed by atoms with E-state index in [0.717, 1.165) is 43.5 Å². The fourth-order valence-electron chi connectivity index (χ4n) is 5.07. The predicted molar refractivity (Wildman–Crippen MR) is 127 cm³/mol. The average Bonchev–Trinajstić information content (AvgIpc) is 2.81. The summed E-state index contributed by atoms with van der Waals surface area (Å²) in [4.78, 5) is 6.84. The minimum absolute atomic E-state index is 0.00682. The van der Waals surface area contributed by atoms with Crippen molar-refractivity contribution in [1.82, 2.24) is 15.5 Å². The molecule has 1 atom stereocenters. The van der Waals surface area contributed by atoms with Crippen molar-refractivity contribution in [1.29, 1.82) is 0 Å². The molecule has 1 unspecified atom stereocenters. The summed E-state index contributed by atoms with van der Waals surface area (Å²) in [6, 6.07) is 14.7. The highest BCUT2D eigenvalue weighted by molar-refractivity contribution is 5.84. The second kappa shape index (κ2) is 10.7. The summed E-state index contributed by atoms with van der Waals surface area (Å²) >= 11 is 0. The number of para-hydroxylation sites is 2. The van der Waals surface area contributed by atoms with Gasteiger partial charge >= 0.3 is 6.36 Å². The molecule has 34 heavy (non-hydrogen) atoms. The van der Waals surface area contributed by atoms with Crippen molar-refractivity contribution in [3.8, 4) is 5.75 Å². The Morgan fingerprint density at radius 2 is 1.76 bits per heavy atom. The second-order valence-electron chi connectivity index (χ2n) is 8.91. The van der Waals surface area contributed by atoms with Gasteiger partial charge in [-0.2, -0.15) is 0 Å². The summed E-state index contributed by atoms with van der Waals surface area (Å²) in [5, 5.41) is 6.82. The van der Waals surface area contributed by atoms with Gasteiger partial charge in [-0.25, -0.2) is 4.99 Å². The Kier molecular flexibility index (Phi) is 7.63. The van der Waals surface area contributed by atoms with E-state index < -0.39 is 6.36 Å². The quantitative estimate of drug-likeness (QED) is 0.492. The minimum atomic E-state index is -4.68. The molecule has 1 aliphatic heterocycles. The summed E-state index contributed by atoms with van der Waals surface area (Å²) in [6.07, 6.45) is -0.0333. The second-order valence-corrected chi connectivity index (χ2v) is 8.91. The number of fused-ring (bicyclic) bond motifs is 1. The molecule has 2 aromatic carbocycles. The molecule has 1 fully saturated rings. The van der Waals surface area contributed by atoms with Crippen molar-refractivity contribution in [2.45, 2.75) is 50.7 Å². The molecule has 6 nitrogen and oxygen atoms in total. The first-order valence-electron chi connectivity index (χ1n) is 11.8. The largest absolute Gasteiger partial charge is 0.573 e. The highest BCUT2D eigenvalue weighted by Gasteiger charge is 2.35. The van der Waals surface area contributed by atoms with Gasteiger partial charge in [0.05, 0.1) is 5.69 Å². The number of ether oxygens (including phenoxy) is 1. The number of hydrogen-bond donors (Lipinski definition) is 3. The summed E-state index contributed by atoms with van der Waals surface area (Å²) in [5.74, 6) is 0.958. The number of nitrogens with two attached hydrogens (primary N) is 1. The third kappa shape index (κ3) is 5.82. The molecule has 4 N–H and O–H groups in total. The van der Waals surface area contributed by atoms with Gasteiger partial charge in [0.2, 0.25) is 0 Å². The van der Waals surface area contributed by atoms with E-state index in [9.17, 15) is 13.2 Å². The average molecular weight is 476 g/mol. The van der Waals surface area contributed by atoms with Gasteiger partial charge in [-0.3, -0.25) is 5.32 Å². The van der Waals surface area contributed by atoms with Crippen LogP contribution in [0.4, 0.5) is 18.9 Å². The molecule has 9 heteroatoms. The van der Waals surface area contributed by atoms with Crippen molar-refractivity contribution in [3.63, 3.8) is 0 Å². The first-order chi connectivity index (χ1) is 16.4. The Morgan fingerprint density at radius 1 is 1.06 bits per heavy atom. The number of nitrogens with one attached hydrogen (secondary N) is 2. The maximum Gasteiger partial charge on any atom is 0.573 e. The standard InChI is InChI=1S/C25H32F3N5O/c1-30-23-20-7-3-4-8-21(20)32-24(29)33(23)19-12-10-17(11-13-19)16-31-15-14-18-6-2-5-9-22(18)34-25(26,27)28/h2-9,17,19,23,30-31H,10-16H2,1H3,(H2,29,32).